The number of thioether (sulfide) groups is 1. The van der Waals surface area contributed by atoms with E-state index in [1.807, 2.05) is 30.3 Å². The molecular formula is C30H40F2N2O4S. The Labute approximate surface area is 233 Å². The monoisotopic (exact) mass is 562 g/mol. The van der Waals surface area contributed by atoms with Crippen molar-refractivity contribution in [2.75, 3.05) is 26.0 Å². The quantitative estimate of drug-likeness (QED) is 0.104. The number of fused-ring (bicyclic) bond motifs is 1. The lowest BCUT2D eigenvalue weighted by Crippen LogP contribution is -2.39. The largest absolute Gasteiger partial charge is 0.496 e. The van der Waals surface area contributed by atoms with Crippen molar-refractivity contribution in [1.29, 1.82) is 0 Å². The number of nitrogens with two attached hydrogens (primary N) is 2. The van der Waals surface area contributed by atoms with E-state index in [4.69, 9.17) is 25.4 Å². The number of furan rings is 1. The minimum Gasteiger partial charge on any atom is -0.496 e. The van der Waals surface area contributed by atoms with E-state index in [9.17, 15) is 13.6 Å². The Balaban J connectivity index is 1.50. The van der Waals surface area contributed by atoms with Crippen LogP contribution >= 0.6 is 11.8 Å². The van der Waals surface area contributed by atoms with Gasteiger partial charge in [-0.25, -0.2) is 8.78 Å². The summed E-state index contributed by atoms with van der Waals surface area (Å²) in [7, 11) is 1.67. The maximum Gasteiger partial charge on any atom is 0.324 e. The number of ether oxygens (including phenoxy) is 2. The predicted octanol–water partition coefficient (Wildman–Crippen LogP) is 6.96. The van der Waals surface area contributed by atoms with Gasteiger partial charge in [-0.15, -0.1) is 11.8 Å². The molecule has 0 aliphatic carbocycles. The molecule has 1 aromatic heterocycles. The number of benzene rings is 2. The zero-order valence-corrected chi connectivity index (χ0v) is 23.7. The molecule has 6 nitrogen and oxygen atoms in total. The molecule has 0 aliphatic heterocycles. The average molecular weight is 563 g/mol. The van der Waals surface area contributed by atoms with Gasteiger partial charge in [-0.2, -0.15) is 0 Å². The number of methoxy groups -OCH3 is 1. The van der Waals surface area contributed by atoms with Crippen molar-refractivity contribution in [3.63, 3.8) is 0 Å². The number of halogens is 2. The second-order valence-electron chi connectivity index (χ2n) is 9.72. The van der Waals surface area contributed by atoms with Crippen LogP contribution in [0.25, 0.3) is 22.3 Å². The zero-order valence-electron chi connectivity index (χ0n) is 22.8. The second kappa shape index (κ2) is 15.2. The van der Waals surface area contributed by atoms with Crippen molar-refractivity contribution in [2.45, 2.75) is 75.2 Å². The lowest BCUT2D eigenvalue weighted by atomic mass is 10.0. The molecule has 3 rings (SSSR count). The number of hydrogen-bond acceptors (Lipinski definition) is 7. The zero-order chi connectivity index (χ0) is 28.3. The van der Waals surface area contributed by atoms with Crippen LogP contribution in [0.3, 0.4) is 0 Å². The van der Waals surface area contributed by atoms with E-state index in [0.717, 1.165) is 45.8 Å². The fraction of sp³-hybridized carbons (Fsp3) is 0.500. The Bertz CT molecular complexity index is 1200. The van der Waals surface area contributed by atoms with Gasteiger partial charge in [0.25, 0.3) is 0 Å². The number of esters is 1. The highest BCUT2D eigenvalue weighted by Crippen LogP contribution is 2.36. The maximum absolute atomic E-state index is 14.2. The molecule has 214 valence electrons. The van der Waals surface area contributed by atoms with Gasteiger partial charge in [-0.3, -0.25) is 4.79 Å². The first kappa shape index (κ1) is 30.9. The van der Waals surface area contributed by atoms with Gasteiger partial charge in [-0.1, -0.05) is 25.8 Å². The normalized spacial score (nSPS) is 12.6. The predicted molar refractivity (Wildman–Crippen MR) is 154 cm³/mol. The van der Waals surface area contributed by atoms with Gasteiger partial charge < -0.3 is 25.4 Å². The number of rotatable bonds is 17. The Kier molecular flexibility index (Phi) is 12.1. The molecule has 4 N–H and O–H groups in total. The molecule has 1 unspecified atom stereocenters. The van der Waals surface area contributed by atoms with Crippen molar-refractivity contribution < 1.29 is 27.5 Å². The molecule has 1 heterocycles. The van der Waals surface area contributed by atoms with Gasteiger partial charge in [0.15, 0.2) is 0 Å². The molecule has 0 aliphatic rings. The van der Waals surface area contributed by atoms with Crippen LogP contribution in [0.2, 0.25) is 0 Å². The highest BCUT2D eigenvalue weighted by atomic mass is 32.2. The third-order valence-corrected chi connectivity index (χ3v) is 7.62. The van der Waals surface area contributed by atoms with Gasteiger partial charge in [0.05, 0.1) is 19.3 Å². The summed E-state index contributed by atoms with van der Waals surface area (Å²) in [6.07, 6.45) is 4.45. The minimum absolute atomic E-state index is 0.0392. The molecule has 2 aromatic carbocycles. The molecule has 0 saturated carbocycles. The number of hydrogen-bond donors (Lipinski definition) is 2. The topological polar surface area (TPSA) is 101 Å². The van der Waals surface area contributed by atoms with Gasteiger partial charge in [0, 0.05) is 29.7 Å². The van der Waals surface area contributed by atoms with Crippen LogP contribution in [0, 0.1) is 0 Å². The third-order valence-electron chi connectivity index (χ3n) is 6.54. The van der Waals surface area contributed by atoms with Crippen LogP contribution in [0.1, 0.15) is 57.4 Å². The number of unbranched alkanes of at least 4 members (excludes halogenated alkanes) is 2. The Hall–Kier alpha value is -2.62. The van der Waals surface area contributed by atoms with Crippen LogP contribution in [-0.2, 0) is 16.0 Å². The van der Waals surface area contributed by atoms with Crippen LogP contribution in [0.4, 0.5) is 8.78 Å². The third kappa shape index (κ3) is 9.51. The lowest BCUT2D eigenvalue weighted by molar-refractivity contribution is -0.145. The van der Waals surface area contributed by atoms with Crippen molar-refractivity contribution in [2.24, 2.45) is 11.5 Å². The molecular weight excluding hydrogens is 522 g/mol. The summed E-state index contributed by atoms with van der Waals surface area (Å²) < 4.78 is 45.1. The average Bonchev–Trinajstić information content (AvgIpc) is 3.36. The number of carbonyl (C=O) groups is 1. The fourth-order valence-corrected chi connectivity index (χ4v) is 5.14. The summed E-state index contributed by atoms with van der Waals surface area (Å²) in [6, 6.07) is 13.3. The molecule has 3 aromatic rings. The Morgan fingerprint density at radius 3 is 2.62 bits per heavy atom. The number of alkyl halides is 2. The highest BCUT2D eigenvalue weighted by molar-refractivity contribution is 7.99. The molecule has 0 spiro atoms. The lowest BCUT2D eigenvalue weighted by Gasteiger charge is -2.16. The van der Waals surface area contributed by atoms with E-state index in [2.05, 4.69) is 19.1 Å². The first-order valence-electron chi connectivity index (χ1n) is 13.6. The number of carbonyl (C=O) groups excluding carboxylic acids is 1. The number of aryl methyl sites for hydroxylation is 1. The van der Waals surface area contributed by atoms with E-state index in [1.165, 1.54) is 30.2 Å². The molecule has 0 fully saturated rings. The summed E-state index contributed by atoms with van der Waals surface area (Å²) >= 11 is 1.52. The second-order valence-corrected chi connectivity index (χ2v) is 10.9. The van der Waals surface area contributed by atoms with E-state index in [0.29, 0.717) is 12.2 Å². The molecule has 0 bridgehead atoms. The first-order valence-corrected chi connectivity index (χ1v) is 14.6. The Morgan fingerprint density at radius 1 is 1.08 bits per heavy atom. The van der Waals surface area contributed by atoms with Crippen molar-refractivity contribution in [3.8, 4) is 17.1 Å². The molecule has 1 atom stereocenters. The van der Waals surface area contributed by atoms with Crippen molar-refractivity contribution in [3.05, 3.63) is 48.0 Å². The van der Waals surface area contributed by atoms with E-state index < -0.39 is 17.9 Å². The fourth-order valence-electron chi connectivity index (χ4n) is 4.26. The molecule has 0 radical (unpaired) electrons. The molecule has 0 amide bonds. The van der Waals surface area contributed by atoms with Gasteiger partial charge >= 0.3 is 5.97 Å². The van der Waals surface area contributed by atoms with Crippen LogP contribution in [0.15, 0.2) is 51.8 Å². The molecule has 9 heteroatoms. The van der Waals surface area contributed by atoms with Gasteiger partial charge in [0.2, 0.25) is 5.92 Å². The summed E-state index contributed by atoms with van der Waals surface area (Å²) in [6.45, 7) is 2.07. The van der Waals surface area contributed by atoms with E-state index in [1.54, 1.807) is 7.11 Å². The van der Waals surface area contributed by atoms with Gasteiger partial charge in [0.1, 0.15) is 23.1 Å². The summed E-state index contributed by atoms with van der Waals surface area (Å²) in [5.41, 5.74) is 13.6. The SMILES string of the molecule is CCCCCc1ccc(-c2cc3ccc(SCCCC(F)(F)CCCOC(=O)C(N)CN)cc3o2)c(OC)c1. The van der Waals surface area contributed by atoms with E-state index in [-0.39, 0.29) is 32.4 Å². The first-order chi connectivity index (χ1) is 18.8. The van der Waals surface area contributed by atoms with Crippen LogP contribution in [0.5, 0.6) is 5.75 Å². The van der Waals surface area contributed by atoms with E-state index >= 15 is 0 Å². The minimum atomic E-state index is -2.81. The smallest absolute Gasteiger partial charge is 0.324 e. The standard InChI is InChI=1S/C30H40F2N2O4S/c1-3-4-5-8-21-9-12-24(27(17-21)36-2)28-18-22-10-11-23(19-26(22)38-28)39-16-7-14-30(31,32)13-6-15-37-29(35)25(34)20-33/h9-12,17-19,25H,3-8,13-16,20,33-34H2,1-2H3. The summed E-state index contributed by atoms with van der Waals surface area (Å²) in [5.74, 6) is -1.39. The highest BCUT2D eigenvalue weighted by Gasteiger charge is 2.27. The molecule has 39 heavy (non-hydrogen) atoms. The molecule has 0 saturated heterocycles. The maximum atomic E-state index is 14.2. The summed E-state index contributed by atoms with van der Waals surface area (Å²) in [4.78, 5) is 12.4. The van der Waals surface area contributed by atoms with Crippen LogP contribution < -0.4 is 16.2 Å². The summed E-state index contributed by atoms with van der Waals surface area (Å²) in [5, 5.41) is 0.975. The Morgan fingerprint density at radius 2 is 1.87 bits per heavy atom. The van der Waals surface area contributed by atoms with Gasteiger partial charge in [-0.05, 0) is 73.4 Å². The van der Waals surface area contributed by atoms with Crippen LogP contribution in [-0.4, -0.2) is 43.9 Å². The van der Waals surface area contributed by atoms with Crippen molar-refractivity contribution in [1.82, 2.24) is 0 Å². The van der Waals surface area contributed by atoms with Crippen molar-refractivity contribution >= 4 is 28.7 Å².